The SMILES string of the molecule is CC1CCN(C(=O)Nc2ccc(Cn3cccn3)cc2)CC1O. The predicted molar refractivity (Wildman–Crippen MR) is 88.2 cm³/mol. The number of piperidine rings is 1. The van der Waals surface area contributed by atoms with Crippen molar-refractivity contribution in [2.75, 3.05) is 18.4 Å². The van der Waals surface area contributed by atoms with Gasteiger partial charge in [-0.2, -0.15) is 5.10 Å². The van der Waals surface area contributed by atoms with E-state index in [1.807, 2.05) is 48.1 Å². The Labute approximate surface area is 135 Å². The first-order valence-corrected chi connectivity index (χ1v) is 7.92. The van der Waals surface area contributed by atoms with Gasteiger partial charge in [-0.3, -0.25) is 4.68 Å². The minimum Gasteiger partial charge on any atom is -0.391 e. The molecule has 2 atom stereocenters. The van der Waals surface area contributed by atoms with Crippen LogP contribution in [0.3, 0.4) is 0 Å². The van der Waals surface area contributed by atoms with Crippen molar-refractivity contribution >= 4 is 11.7 Å². The molecular formula is C17H22N4O2. The molecular weight excluding hydrogens is 292 g/mol. The number of β-amino-alcohol motifs (C(OH)–C–C–N with tert-alkyl or cyclic N) is 1. The number of aliphatic hydroxyl groups is 1. The van der Waals surface area contributed by atoms with Crippen LogP contribution in [-0.4, -0.2) is 45.0 Å². The highest BCUT2D eigenvalue weighted by atomic mass is 16.3. The number of amides is 2. The van der Waals surface area contributed by atoms with E-state index < -0.39 is 6.10 Å². The molecule has 1 fully saturated rings. The van der Waals surface area contributed by atoms with E-state index >= 15 is 0 Å². The third-order valence-corrected chi connectivity index (χ3v) is 4.31. The van der Waals surface area contributed by atoms with Crippen LogP contribution >= 0.6 is 0 Å². The van der Waals surface area contributed by atoms with E-state index in [2.05, 4.69) is 10.4 Å². The summed E-state index contributed by atoms with van der Waals surface area (Å²) < 4.78 is 1.85. The monoisotopic (exact) mass is 314 g/mol. The van der Waals surface area contributed by atoms with Gasteiger partial charge in [-0.15, -0.1) is 0 Å². The van der Waals surface area contributed by atoms with Crippen molar-refractivity contribution in [3.8, 4) is 0 Å². The molecule has 2 amide bonds. The van der Waals surface area contributed by atoms with Gasteiger partial charge in [-0.05, 0) is 36.1 Å². The number of nitrogens with one attached hydrogen (secondary N) is 1. The summed E-state index contributed by atoms with van der Waals surface area (Å²) >= 11 is 0. The summed E-state index contributed by atoms with van der Waals surface area (Å²) in [6.45, 7) is 3.79. The number of likely N-dealkylation sites (tertiary alicyclic amines) is 1. The molecule has 23 heavy (non-hydrogen) atoms. The molecule has 1 aliphatic heterocycles. The predicted octanol–water partition coefficient (Wildman–Crippen LogP) is 2.17. The summed E-state index contributed by atoms with van der Waals surface area (Å²) in [5.74, 6) is 0.251. The first-order valence-electron chi connectivity index (χ1n) is 7.92. The minimum absolute atomic E-state index is 0.157. The molecule has 122 valence electrons. The van der Waals surface area contributed by atoms with Crippen molar-refractivity contribution in [2.24, 2.45) is 5.92 Å². The van der Waals surface area contributed by atoms with Crippen molar-refractivity contribution in [3.63, 3.8) is 0 Å². The van der Waals surface area contributed by atoms with E-state index in [1.54, 1.807) is 11.1 Å². The standard InChI is InChI=1S/C17H22N4O2/c1-13-7-10-20(12-16(13)22)17(23)19-15-5-3-14(4-6-15)11-21-9-2-8-18-21/h2-6,8-9,13,16,22H,7,10-12H2,1H3,(H,19,23). The lowest BCUT2D eigenvalue weighted by molar-refractivity contribution is 0.0464. The van der Waals surface area contributed by atoms with Crippen molar-refractivity contribution in [2.45, 2.75) is 26.0 Å². The molecule has 2 heterocycles. The quantitative estimate of drug-likeness (QED) is 0.912. The van der Waals surface area contributed by atoms with E-state index in [1.165, 1.54) is 0 Å². The Balaban J connectivity index is 1.56. The Bertz CT molecular complexity index is 639. The second kappa shape index (κ2) is 6.83. The maximum atomic E-state index is 12.3. The molecule has 0 bridgehead atoms. The number of hydrogen-bond acceptors (Lipinski definition) is 3. The van der Waals surface area contributed by atoms with Gasteiger partial charge in [0.05, 0.1) is 12.6 Å². The highest BCUT2D eigenvalue weighted by molar-refractivity contribution is 5.89. The Morgan fingerprint density at radius 3 is 2.83 bits per heavy atom. The van der Waals surface area contributed by atoms with E-state index in [0.29, 0.717) is 19.6 Å². The van der Waals surface area contributed by atoms with Gasteiger partial charge in [0.15, 0.2) is 0 Å². The number of urea groups is 1. The zero-order valence-corrected chi connectivity index (χ0v) is 13.2. The number of hydrogen-bond donors (Lipinski definition) is 2. The smallest absolute Gasteiger partial charge is 0.321 e. The number of rotatable bonds is 3. The largest absolute Gasteiger partial charge is 0.391 e. The Kier molecular flexibility index (Phi) is 4.62. The molecule has 1 aromatic heterocycles. The van der Waals surface area contributed by atoms with Crippen molar-refractivity contribution in [3.05, 3.63) is 48.3 Å². The Morgan fingerprint density at radius 1 is 1.39 bits per heavy atom. The minimum atomic E-state index is -0.439. The molecule has 6 nitrogen and oxygen atoms in total. The fourth-order valence-electron chi connectivity index (χ4n) is 2.71. The van der Waals surface area contributed by atoms with Crippen molar-refractivity contribution in [1.29, 1.82) is 0 Å². The lowest BCUT2D eigenvalue weighted by Crippen LogP contribution is -2.47. The Morgan fingerprint density at radius 2 is 2.17 bits per heavy atom. The average molecular weight is 314 g/mol. The lowest BCUT2D eigenvalue weighted by Gasteiger charge is -2.34. The van der Waals surface area contributed by atoms with Gasteiger partial charge >= 0.3 is 6.03 Å². The molecule has 0 aliphatic carbocycles. The maximum absolute atomic E-state index is 12.3. The topological polar surface area (TPSA) is 70.4 Å². The molecule has 3 rings (SSSR count). The molecule has 1 saturated heterocycles. The number of aliphatic hydroxyl groups excluding tert-OH is 1. The molecule has 6 heteroatoms. The molecule has 2 N–H and O–H groups in total. The normalized spacial score (nSPS) is 21.2. The fraction of sp³-hybridized carbons (Fsp3) is 0.412. The first-order chi connectivity index (χ1) is 11.1. The van der Waals surface area contributed by atoms with Gasteiger partial charge in [-0.25, -0.2) is 4.79 Å². The number of carbonyl (C=O) groups is 1. The summed E-state index contributed by atoms with van der Waals surface area (Å²) in [7, 11) is 0. The third kappa shape index (κ3) is 3.90. The van der Waals surface area contributed by atoms with Crippen molar-refractivity contribution < 1.29 is 9.90 Å². The highest BCUT2D eigenvalue weighted by Gasteiger charge is 2.27. The number of nitrogens with zero attached hydrogens (tertiary/aromatic N) is 3. The van der Waals surface area contributed by atoms with Crippen LogP contribution in [0.15, 0.2) is 42.7 Å². The molecule has 1 aliphatic rings. The van der Waals surface area contributed by atoms with Gasteiger partial charge in [0.2, 0.25) is 0 Å². The zero-order chi connectivity index (χ0) is 16.2. The summed E-state index contributed by atoms with van der Waals surface area (Å²) in [5, 5.41) is 17.0. The molecule has 2 aromatic rings. The first kappa shape index (κ1) is 15.6. The van der Waals surface area contributed by atoms with Crippen LogP contribution in [0.5, 0.6) is 0 Å². The van der Waals surface area contributed by atoms with Crippen LogP contribution in [0.4, 0.5) is 10.5 Å². The van der Waals surface area contributed by atoms with Crippen LogP contribution < -0.4 is 5.32 Å². The molecule has 1 aromatic carbocycles. The van der Waals surface area contributed by atoms with Crippen molar-refractivity contribution in [1.82, 2.24) is 14.7 Å². The highest BCUT2D eigenvalue weighted by Crippen LogP contribution is 2.18. The summed E-state index contributed by atoms with van der Waals surface area (Å²) in [5.41, 5.74) is 1.88. The zero-order valence-electron chi connectivity index (χ0n) is 13.2. The van der Waals surface area contributed by atoms with E-state index in [4.69, 9.17) is 0 Å². The van der Waals surface area contributed by atoms with Gasteiger partial charge in [-0.1, -0.05) is 19.1 Å². The second-order valence-electron chi connectivity index (χ2n) is 6.11. The number of benzene rings is 1. The van der Waals surface area contributed by atoms with Crippen LogP contribution in [-0.2, 0) is 6.54 Å². The third-order valence-electron chi connectivity index (χ3n) is 4.31. The lowest BCUT2D eigenvalue weighted by atomic mass is 9.96. The van der Waals surface area contributed by atoms with Crippen LogP contribution in [0.2, 0.25) is 0 Å². The van der Waals surface area contributed by atoms with Gasteiger partial charge in [0.25, 0.3) is 0 Å². The van der Waals surface area contributed by atoms with Crippen LogP contribution in [0.1, 0.15) is 18.9 Å². The maximum Gasteiger partial charge on any atom is 0.321 e. The fourth-order valence-corrected chi connectivity index (χ4v) is 2.71. The number of carbonyl (C=O) groups excluding carboxylic acids is 1. The molecule has 0 saturated carbocycles. The molecule has 0 spiro atoms. The summed E-state index contributed by atoms with van der Waals surface area (Å²) in [4.78, 5) is 13.9. The molecule has 0 radical (unpaired) electrons. The number of aromatic nitrogens is 2. The van der Waals surface area contributed by atoms with Crippen LogP contribution in [0.25, 0.3) is 0 Å². The van der Waals surface area contributed by atoms with E-state index in [0.717, 1.165) is 17.7 Å². The van der Waals surface area contributed by atoms with Crippen LogP contribution in [0, 0.1) is 5.92 Å². The Hall–Kier alpha value is -2.34. The molecule has 2 unspecified atom stereocenters. The average Bonchev–Trinajstić information content (AvgIpc) is 3.05. The number of anilines is 1. The summed E-state index contributed by atoms with van der Waals surface area (Å²) in [6, 6.07) is 9.47. The summed E-state index contributed by atoms with van der Waals surface area (Å²) in [6.07, 6.45) is 4.06. The van der Waals surface area contributed by atoms with Gasteiger partial charge in [0.1, 0.15) is 0 Å². The van der Waals surface area contributed by atoms with E-state index in [9.17, 15) is 9.90 Å². The second-order valence-corrected chi connectivity index (χ2v) is 6.11. The van der Waals surface area contributed by atoms with Gasteiger partial charge in [0, 0.05) is 31.2 Å². The van der Waals surface area contributed by atoms with E-state index in [-0.39, 0.29) is 11.9 Å². The van der Waals surface area contributed by atoms with Gasteiger partial charge < -0.3 is 15.3 Å².